The van der Waals surface area contributed by atoms with Crippen molar-refractivity contribution in [2.45, 2.75) is 0 Å². The number of benzene rings is 1. The van der Waals surface area contributed by atoms with E-state index in [0.717, 1.165) is 0 Å². The normalized spacial score (nSPS) is 10.7. The molecule has 3 rings (SSSR count). The van der Waals surface area contributed by atoms with Crippen LogP contribution in [0.1, 0.15) is 5.56 Å². The number of hydrogen-bond donors (Lipinski definition) is 1. The van der Waals surface area contributed by atoms with Gasteiger partial charge < -0.3 is 5.73 Å². The summed E-state index contributed by atoms with van der Waals surface area (Å²) in [5.41, 5.74) is 6.83. The van der Waals surface area contributed by atoms with E-state index in [2.05, 4.69) is 21.1 Å². The van der Waals surface area contributed by atoms with E-state index < -0.39 is 0 Å². The van der Waals surface area contributed by atoms with Crippen LogP contribution in [0.25, 0.3) is 17.0 Å². The van der Waals surface area contributed by atoms with Gasteiger partial charge in [-0.25, -0.2) is 9.50 Å². The van der Waals surface area contributed by atoms with E-state index in [0.29, 0.717) is 32.6 Å². The van der Waals surface area contributed by atoms with Crippen LogP contribution in [0.2, 0.25) is 10.0 Å². The van der Waals surface area contributed by atoms with Crippen LogP contribution < -0.4 is 5.73 Å². The number of nitriles is 1. The molecule has 0 saturated heterocycles. The third-order valence-corrected chi connectivity index (χ3v) is 3.20. The summed E-state index contributed by atoms with van der Waals surface area (Å²) in [5.74, 6) is 0.378. The van der Waals surface area contributed by atoms with Gasteiger partial charge in [-0.1, -0.05) is 23.2 Å². The van der Waals surface area contributed by atoms with Gasteiger partial charge in [0.15, 0.2) is 0 Å². The molecule has 0 radical (unpaired) electrons. The minimum atomic E-state index is 0.0840. The fourth-order valence-electron chi connectivity index (χ4n) is 1.81. The summed E-state index contributed by atoms with van der Waals surface area (Å²) >= 11 is 12.0. The number of aromatic nitrogens is 4. The van der Waals surface area contributed by atoms with Crippen LogP contribution in [-0.4, -0.2) is 19.6 Å². The first kappa shape index (κ1) is 12.7. The van der Waals surface area contributed by atoms with E-state index >= 15 is 0 Å². The standard InChI is InChI=1S/C12H6Cl2N6/c13-7-1-2-8(9(14)3-7)10-6(4-15)5-20-12(17-10)18-11(16)19-20/h1-3,5H,(H2,16,19). The highest BCUT2D eigenvalue weighted by Crippen LogP contribution is 2.31. The van der Waals surface area contributed by atoms with Crippen molar-refractivity contribution < 1.29 is 0 Å². The second kappa shape index (κ2) is 4.63. The maximum absolute atomic E-state index is 9.24. The third kappa shape index (κ3) is 2.03. The maximum Gasteiger partial charge on any atom is 0.254 e. The van der Waals surface area contributed by atoms with Crippen molar-refractivity contribution in [3.8, 4) is 17.3 Å². The van der Waals surface area contributed by atoms with Crippen molar-refractivity contribution in [3.05, 3.63) is 40.0 Å². The van der Waals surface area contributed by atoms with Gasteiger partial charge in [0.05, 0.1) is 22.5 Å². The van der Waals surface area contributed by atoms with E-state index in [1.165, 1.54) is 10.7 Å². The van der Waals surface area contributed by atoms with Gasteiger partial charge in [-0.2, -0.15) is 10.2 Å². The molecule has 98 valence electrons. The third-order valence-electron chi connectivity index (χ3n) is 2.65. The maximum atomic E-state index is 9.24. The first-order chi connectivity index (χ1) is 9.58. The molecule has 8 heteroatoms. The molecular weight excluding hydrogens is 299 g/mol. The van der Waals surface area contributed by atoms with Crippen molar-refractivity contribution in [2.24, 2.45) is 0 Å². The Kier molecular flexibility index (Phi) is 2.93. The van der Waals surface area contributed by atoms with Crippen molar-refractivity contribution in [2.75, 3.05) is 5.73 Å². The van der Waals surface area contributed by atoms with Gasteiger partial charge in [0, 0.05) is 10.6 Å². The van der Waals surface area contributed by atoms with Gasteiger partial charge in [-0.05, 0) is 18.2 Å². The second-order valence-electron chi connectivity index (χ2n) is 3.95. The van der Waals surface area contributed by atoms with Crippen LogP contribution >= 0.6 is 23.2 Å². The smallest absolute Gasteiger partial charge is 0.254 e. The molecule has 0 aliphatic rings. The van der Waals surface area contributed by atoms with Gasteiger partial charge >= 0.3 is 0 Å². The number of nitrogens with zero attached hydrogens (tertiary/aromatic N) is 5. The van der Waals surface area contributed by atoms with Crippen LogP contribution in [-0.2, 0) is 0 Å². The lowest BCUT2D eigenvalue weighted by Crippen LogP contribution is -1.98. The lowest BCUT2D eigenvalue weighted by Gasteiger charge is -2.06. The molecule has 0 saturated carbocycles. The molecule has 0 atom stereocenters. The van der Waals surface area contributed by atoms with E-state index in [1.54, 1.807) is 18.2 Å². The molecule has 0 amide bonds. The Balaban J connectivity index is 2.31. The van der Waals surface area contributed by atoms with Gasteiger partial charge in [-0.15, -0.1) is 5.10 Å². The van der Waals surface area contributed by atoms with E-state index in [4.69, 9.17) is 28.9 Å². The first-order valence-corrected chi connectivity index (χ1v) is 6.22. The highest BCUT2D eigenvalue weighted by atomic mass is 35.5. The summed E-state index contributed by atoms with van der Waals surface area (Å²) < 4.78 is 1.35. The molecule has 2 heterocycles. The summed E-state index contributed by atoms with van der Waals surface area (Å²) in [6, 6.07) is 7.01. The molecule has 0 aliphatic heterocycles. The van der Waals surface area contributed by atoms with Gasteiger partial charge in [0.1, 0.15) is 6.07 Å². The highest BCUT2D eigenvalue weighted by molar-refractivity contribution is 6.36. The number of anilines is 1. The lowest BCUT2D eigenvalue weighted by molar-refractivity contribution is 0.941. The number of rotatable bonds is 1. The second-order valence-corrected chi connectivity index (χ2v) is 4.80. The van der Waals surface area contributed by atoms with E-state index in [-0.39, 0.29) is 5.95 Å². The Labute approximate surface area is 123 Å². The van der Waals surface area contributed by atoms with Crippen molar-refractivity contribution >= 4 is 34.9 Å². The zero-order valence-corrected chi connectivity index (χ0v) is 11.4. The molecular formula is C12H6Cl2N6. The van der Waals surface area contributed by atoms with Crippen LogP contribution in [0.15, 0.2) is 24.4 Å². The highest BCUT2D eigenvalue weighted by Gasteiger charge is 2.14. The monoisotopic (exact) mass is 304 g/mol. The quantitative estimate of drug-likeness (QED) is 0.745. The molecule has 2 aromatic heterocycles. The number of halogens is 2. The Morgan fingerprint density at radius 3 is 2.75 bits per heavy atom. The zero-order valence-electron chi connectivity index (χ0n) is 9.88. The Morgan fingerprint density at radius 1 is 1.25 bits per heavy atom. The summed E-state index contributed by atoms with van der Waals surface area (Å²) in [5, 5.41) is 14.1. The summed E-state index contributed by atoms with van der Waals surface area (Å²) in [4.78, 5) is 8.25. The van der Waals surface area contributed by atoms with Gasteiger partial charge in [0.25, 0.3) is 5.78 Å². The summed E-state index contributed by atoms with van der Waals surface area (Å²) in [6.45, 7) is 0. The van der Waals surface area contributed by atoms with Crippen molar-refractivity contribution in [1.82, 2.24) is 19.6 Å². The predicted molar refractivity (Wildman–Crippen MR) is 75.4 cm³/mol. The molecule has 0 unspecified atom stereocenters. The van der Waals surface area contributed by atoms with Crippen LogP contribution in [0.3, 0.4) is 0 Å². The summed E-state index contributed by atoms with van der Waals surface area (Å²) in [7, 11) is 0. The molecule has 3 aromatic rings. The SMILES string of the molecule is N#Cc1cn2nc(N)nc2nc1-c1ccc(Cl)cc1Cl. The number of nitrogen functional groups attached to an aromatic ring is 1. The first-order valence-electron chi connectivity index (χ1n) is 5.47. The van der Waals surface area contributed by atoms with E-state index in [1.807, 2.05) is 0 Å². The fourth-order valence-corrected chi connectivity index (χ4v) is 2.30. The topological polar surface area (TPSA) is 92.9 Å². The Morgan fingerprint density at radius 2 is 2.05 bits per heavy atom. The average molecular weight is 305 g/mol. The van der Waals surface area contributed by atoms with Crippen LogP contribution in [0.4, 0.5) is 5.95 Å². The van der Waals surface area contributed by atoms with Crippen molar-refractivity contribution in [3.63, 3.8) is 0 Å². The fraction of sp³-hybridized carbons (Fsp3) is 0. The Bertz CT molecular complexity index is 864. The number of fused-ring (bicyclic) bond motifs is 1. The van der Waals surface area contributed by atoms with E-state index in [9.17, 15) is 5.26 Å². The molecule has 20 heavy (non-hydrogen) atoms. The van der Waals surface area contributed by atoms with Crippen molar-refractivity contribution in [1.29, 1.82) is 5.26 Å². The number of nitrogens with two attached hydrogens (primary N) is 1. The molecule has 0 fully saturated rings. The minimum absolute atomic E-state index is 0.0840. The molecule has 6 nitrogen and oxygen atoms in total. The van der Waals surface area contributed by atoms with Gasteiger partial charge in [-0.3, -0.25) is 0 Å². The molecule has 0 spiro atoms. The zero-order chi connectivity index (χ0) is 14.3. The molecule has 2 N–H and O–H groups in total. The largest absolute Gasteiger partial charge is 0.366 e. The molecule has 1 aromatic carbocycles. The molecule has 0 aliphatic carbocycles. The summed E-state index contributed by atoms with van der Waals surface area (Å²) in [6.07, 6.45) is 1.51. The van der Waals surface area contributed by atoms with Crippen LogP contribution in [0.5, 0.6) is 0 Å². The number of hydrogen-bond acceptors (Lipinski definition) is 5. The van der Waals surface area contributed by atoms with Crippen LogP contribution in [0, 0.1) is 11.3 Å². The predicted octanol–water partition coefficient (Wildman–Crippen LogP) is 2.55. The lowest BCUT2D eigenvalue weighted by atomic mass is 10.1. The minimum Gasteiger partial charge on any atom is -0.366 e. The van der Waals surface area contributed by atoms with Gasteiger partial charge in [0.2, 0.25) is 5.95 Å². The average Bonchev–Trinajstić information content (AvgIpc) is 2.76. The molecule has 0 bridgehead atoms. The Hall–Kier alpha value is -2.36.